The van der Waals surface area contributed by atoms with Crippen LogP contribution in [0.5, 0.6) is 0 Å². The topological polar surface area (TPSA) is 211 Å². The standard InChI is InChI=1S/C72H80N10O7S5/c1-47(94(88,89)72(2,3)4)42-77(5)31-12-15-48-16-13-32-79(43-48)35-29-65(83)81-38-28-56-60(41-74)70(91-64(56)46-81)76-68(86)58-25-24-54(52-21-9-10-22-53(52)58)61-39-62(93-92-61)71(87)78(6)34-26-49-17-14-33-80(44-49)36-30-66(84)82-37-27-55-59(40-73)69(90-63(55)45-82)75-67(85)57-23-11-19-50-18-7-8-20-51(50)57/h7-11,18-26,48,61-62H,1,13-14,16-17,27-39,42-46H2,2-6H3,(H,75,85)(H,76,86). The normalized spacial score (nSPS) is 19.0. The molecule has 2 N–H and O–H groups in total. The zero-order valence-electron chi connectivity index (χ0n) is 54.1. The van der Waals surface area contributed by atoms with Crippen LogP contribution in [0, 0.1) is 40.4 Å². The molecule has 7 heterocycles. The molecule has 3 atom stereocenters. The highest BCUT2D eigenvalue weighted by atomic mass is 33.1. The van der Waals surface area contributed by atoms with Crippen LogP contribution < -0.4 is 10.6 Å². The Kier molecular flexibility index (Phi) is 21.6. The number of hydrogen-bond donors (Lipinski definition) is 2. The summed E-state index contributed by atoms with van der Waals surface area (Å²) in [5, 5.41) is 31.0. The molecule has 11 rings (SSSR count). The molecule has 5 aliphatic heterocycles. The smallest absolute Gasteiger partial charge is 0.256 e. The zero-order chi connectivity index (χ0) is 66.4. The van der Waals surface area contributed by atoms with Crippen LogP contribution in [0.2, 0.25) is 0 Å². The van der Waals surface area contributed by atoms with Gasteiger partial charge in [0.25, 0.3) is 11.8 Å². The first-order valence-corrected chi connectivity index (χ1v) is 37.6. The van der Waals surface area contributed by atoms with Crippen molar-refractivity contribution in [3.8, 4) is 24.0 Å². The van der Waals surface area contributed by atoms with Gasteiger partial charge in [-0.05, 0) is 136 Å². The Morgan fingerprint density at radius 2 is 1.31 bits per heavy atom. The minimum Gasteiger partial charge on any atom is -0.341 e. The molecule has 0 aliphatic carbocycles. The monoisotopic (exact) mass is 1360 g/mol. The molecule has 2 aromatic heterocycles. The molecule has 3 fully saturated rings. The maximum absolute atomic E-state index is 14.3. The first-order chi connectivity index (χ1) is 45.2. The fraction of sp³-hybridized carbons (Fsp3) is 0.431. The van der Waals surface area contributed by atoms with Gasteiger partial charge in [0.15, 0.2) is 9.84 Å². The van der Waals surface area contributed by atoms with Crippen molar-refractivity contribution in [1.29, 1.82) is 10.5 Å². The highest BCUT2D eigenvalue weighted by Crippen LogP contribution is 2.54. The van der Waals surface area contributed by atoms with Crippen LogP contribution in [0.4, 0.5) is 10.0 Å². The number of nitrogens with zero attached hydrogens (tertiary/aromatic N) is 8. The molecule has 490 valence electrons. The molecule has 4 aromatic carbocycles. The number of anilines is 2. The van der Waals surface area contributed by atoms with E-state index in [1.807, 2.05) is 106 Å². The van der Waals surface area contributed by atoms with Crippen LogP contribution in [0.25, 0.3) is 21.5 Å². The highest BCUT2D eigenvalue weighted by Gasteiger charge is 2.37. The predicted octanol–water partition coefficient (Wildman–Crippen LogP) is 11.7. The number of nitrogens with one attached hydrogen (secondary N) is 2. The number of likely N-dealkylation sites (N-methyl/N-ethyl adjacent to an activating group) is 2. The Morgan fingerprint density at radius 3 is 1.96 bits per heavy atom. The predicted molar refractivity (Wildman–Crippen MR) is 379 cm³/mol. The summed E-state index contributed by atoms with van der Waals surface area (Å²) in [5.74, 6) is 6.38. The van der Waals surface area contributed by atoms with E-state index in [2.05, 4.69) is 57.1 Å². The van der Waals surface area contributed by atoms with Crippen LogP contribution in [-0.2, 0) is 50.2 Å². The quantitative estimate of drug-likeness (QED) is 0.0466. The fourth-order valence-electron chi connectivity index (χ4n) is 13.3. The number of amides is 5. The number of carbonyl (C=O) groups is 5. The Morgan fingerprint density at radius 1 is 0.713 bits per heavy atom. The largest absolute Gasteiger partial charge is 0.341 e. The molecular weight excluding hydrogens is 1280 g/mol. The second-order valence-corrected chi connectivity index (χ2v) is 33.8. The third kappa shape index (κ3) is 15.3. The molecule has 5 amide bonds. The summed E-state index contributed by atoms with van der Waals surface area (Å²) in [7, 11) is 3.51. The molecule has 0 bridgehead atoms. The Balaban J connectivity index is 0.632. The Labute approximate surface area is 567 Å². The molecule has 5 aliphatic rings. The lowest BCUT2D eigenvalue weighted by atomic mass is 9.95. The van der Waals surface area contributed by atoms with Gasteiger partial charge >= 0.3 is 0 Å². The second kappa shape index (κ2) is 29.8. The third-order valence-electron chi connectivity index (χ3n) is 18.6. The van der Waals surface area contributed by atoms with Crippen molar-refractivity contribution in [2.24, 2.45) is 5.92 Å². The lowest BCUT2D eigenvalue weighted by Gasteiger charge is -2.32. The van der Waals surface area contributed by atoms with Crippen molar-refractivity contribution in [3.63, 3.8) is 0 Å². The van der Waals surface area contributed by atoms with Crippen LogP contribution in [0.1, 0.15) is 129 Å². The zero-order valence-corrected chi connectivity index (χ0v) is 58.1. The summed E-state index contributed by atoms with van der Waals surface area (Å²) in [6.45, 7) is 16.3. The van der Waals surface area contributed by atoms with E-state index in [9.17, 15) is 42.9 Å². The Bertz CT molecular complexity index is 4250. The van der Waals surface area contributed by atoms with Crippen molar-refractivity contribution in [2.45, 2.75) is 107 Å². The molecule has 0 radical (unpaired) electrons. The summed E-state index contributed by atoms with van der Waals surface area (Å²) < 4.78 is 24.7. The number of thiophene rings is 2. The van der Waals surface area contributed by atoms with Crippen LogP contribution in [0.15, 0.2) is 102 Å². The lowest BCUT2D eigenvalue weighted by Crippen LogP contribution is -2.40. The molecule has 3 unspecified atom stereocenters. The third-order valence-corrected chi connectivity index (χ3v) is 26.5. The van der Waals surface area contributed by atoms with E-state index < -0.39 is 14.6 Å². The average Bonchev–Trinajstić information content (AvgIpc) is 1.88. The van der Waals surface area contributed by atoms with E-state index in [0.29, 0.717) is 117 Å². The number of likely N-dealkylation sites (tertiary alicyclic amines) is 2. The molecule has 0 spiro atoms. The summed E-state index contributed by atoms with van der Waals surface area (Å²) in [5.41, 5.74) is 6.04. The van der Waals surface area contributed by atoms with Gasteiger partial charge < -0.3 is 30.2 Å². The van der Waals surface area contributed by atoms with Crippen LogP contribution in [-0.4, -0.2) is 163 Å². The number of carbonyl (C=O) groups excluding carboxylic acids is 5. The van der Waals surface area contributed by atoms with E-state index in [1.165, 1.54) is 28.2 Å². The van der Waals surface area contributed by atoms with Gasteiger partial charge in [0, 0.05) is 104 Å². The molecule has 22 heteroatoms. The summed E-state index contributed by atoms with van der Waals surface area (Å²) in [6, 6.07) is 29.7. The van der Waals surface area contributed by atoms with E-state index in [-0.39, 0.29) is 57.4 Å². The van der Waals surface area contributed by atoms with E-state index in [1.54, 1.807) is 48.4 Å². The number of benzene rings is 4. The molecule has 6 aromatic rings. The SMILES string of the molecule is C=C(CN(C)CC#CC1CCCN(CCC(=O)N2CCc3c(sc(NC(=O)c4ccc(C5CC(C(=O)N(C)CC=C6CCCN(CCC(=O)N7CCc8c(sc(NC(=O)c9cccc%10ccccc9%10)c8C#N)C7)C6)SS5)c5ccccc45)c3C#N)C2)C1)S(=O)(=O)C(C)(C)C. The number of sulfone groups is 1. The first kappa shape index (κ1) is 68.1. The molecule has 3 saturated heterocycles. The molecule has 0 saturated carbocycles. The maximum atomic E-state index is 14.3. The molecule has 94 heavy (non-hydrogen) atoms. The molecule has 17 nitrogen and oxygen atoms in total. The van der Waals surface area contributed by atoms with E-state index in [0.717, 1.165) is 99.9 Å². The van der Waals surface area contributed by atoms with E-state index >= 15 is 0 Å². The van der Waals surface area contributed by atoms with Crippen LogP contribution in [0.3, 0.4) is 0 Å². The van der Waals surface area contributed by atoms with Gasteiger partial charge in [0.1, 0.15) is 22.1 Å². The van der Waals surface area contributed by atoms with Crippen molar-refractivity contribution < 1.29 is 32.4 Å². The number of piperidine rings is 2. The van der Waals surface area contributed by atoms with Gasteiger partial charge in [-0.1, -0.05) is 118 Å². The van der Waals surface area contributed by atoms with Crippen molar-refractivity contribution in [1.82, 2.24) is 29.4 Å². The van der Waals surface area contributed by atoms with Gasteiger partial charge in [0.2, 0.25) is 17.7 Å². The minimum atomic E-state index is -3.47. The fourth-order valence-corrected chi connectivity index (χ4v) is 20.3. The second-order valence-electron chi connectivity index (χ2n) is 26.1. The summed E-state index contributed by atoms with van der Waals surface area (Å²) >= 11 is 2.74. The summed E-state index contributed by atoms with van der Waals surface area (Å²) in [6.07, 6.45) is 8.45. The van der Waals surface area contributed by atoms with Crippen molar-refractivity contribution in [2.75, 3.05) is 96.7 Å². The maximum Gasteiger partial charge on any atom is 0.256 e. The van der Waals surface area contributed by atoms with Gasteiger partial charge in [-0.3, -0.25) is 33.8 Å². The Hall–Kier alpha value is -7.30. The van der Waals surface area contributed by atoms with Crippen molar-refractivity contribution in [3.05, 3.63) is 151 Å². The number of rotatable bonds is 18. The number of nitriles is 2. The average molecular weight is 1360 g/mol. The number of hydrogen-bond acceptors (Lipinski definition) is 16. The highest BCUT2D eigenvalue weighted by molar-refractivity contribution is 8.77. The van der Waals surface area contributed by atoms with Gasteiger partial charge in [0.05, 0.1) is 45.7 Å². The van der Waals surface area contributed by atoms with E-state index in [4.69, 9.17) is 0 Å². The summed E-state index contributed by atoms with van der Waals surface area (Å²) in [4.78, 5) is 83.4. The van der Waals surface area contributed by atoms with Crippen molar-refractivity contribution >= 4 is 115 Å². The van der Waals surface area contributed by atoms with Gasteiger partial charge in [-0.15, -0.1) is 22.7 Å². The lowest BCUT2D eigenvalue weighted by molar-refractivity contribution is -0.133. The molecular formula is C72H80N10O7S5. The number of fused-ring (bicyclic) bond motifs is 4. The minimum absolute atomic E-state index is 0.0115. The van der Waals surface area contributed by atoms with Crippen LogP contribution >= 0.6 is 44.3 Å². The van der Waals surface area contributed by atoms with Gasteiger partial charge in [-0.2, -0.15) is 10.5 Å². The first-order valence-electron chi connectivity index (χ1n) is 32.2. The van der Waals surface area contributed by atoms with Gasteiger partial charge in [-0.25, -0.2) is 8.42 Å².